The number of ether oxygens (including phenoxy) is 1. The number of rotatable bonds is 5. The largest absolute Gasteiger partial charge is 0.395 e. The van der Waals surface area contributed by atoms with Crippen LogP contribution in [-0.4, -0.2) is 40.8 Å². The summed E-state index contributed by atoms with van der Waals surface area (Å²) in [7, 11) is 2.15. The average molecular weight is 288 g/mol. The van der Waals surface area contributed by atoms with Crippen LogP contribution in [0.25, 0.3) is 0 Å². The third kappa shape index (κ3) is 2.20. The minimum Gasteiger partial charge on any atom is -0.395 e. The van der Waals surface area contributed by atoms with Crippen LogP contribution in [0, 0.1) is 0 Å². The number of hydrogen-bond acceptors (Lipinski definition) is 5. The SMILES string of the molecule is CC=C1CC[Si](OC)(OC)C(N)(OC)C1(N)CCC. The molecular weight excluding hydrogens is 260 g/mol. The van der Waals surface area contributed by atoms with Crippen molar-refractivity contribution in [2.24, 2.45) is 11.5 Å². The molecule has 1 aliphatic heterocycles. The van der Waals surface area contributed by atoms with Crippen molar-refractivity contribution in [3.8, 4) is 0 Å². The molecule has 0 radical (unpaired) electrons. The fraction of sp³-hybridized carbons (Fsp3) is 0.846. The van der Waals surface area contributed by atoms with Crippen molar-refractivity contribution in [3.63, 3.8) is 0 Å². The summed E-state index contributed by atoms with van der Waals surface area (Å²) in [6.07, 6.45) is 4.58. The van der Waals surface area contributed by atoms with E-state index in [9.17, 15) is 0 Å². The molecule has 1 aliphatic rings. The Labute approximate surface area is 117 Å². The number of nitrogens with two attached hydrogens (primary N) is 2. The normalized spacial score (nSPS) is 36.7. The molecule has 1 fully saturated rings. The highest BCUT2D eigenvalue weighted by atomic mass is 28.4. The maximum Gasteiger partial charge on any atom is 0.388 e. The highest BCUT2D eigenvalue weighted by Gasteiger charge is 2.68. The van der Waals surface area contributed by atoms with Gasteiger partial charge < -0.3 is 25.1 Å². The molecule has 2 atom stereocenters. The monoisotopic (exact) mass is 288 g/mol. The lowest BCUT2D eigenvalue weighted by Gasteiger charge is -2.56. The lowest BCUT2D eigenvalue weighted by molar-refractivity contribution is -0.0432. The number of hydrogen-bond donors (Lipinski definition) is 2. The first-order chi connectivity index (χ1) is 8.91. The van der Waals surface area contributed by atoms with E-state index >= 15 is 0 Å². The van der Waals surface area contributed by atoms with E-state index in [0.717, 1.165) is 30.9 Å². The smallest absolute Gasteiger partial charge is 0.388 e. The lowest BCUT2D eigenvalue weighted by Crippen LogP contribution is -2.83. The van der Waals surface area contributed by atoms with Crippen LogP contribution in [0.4, 0.5) is 0 Å². The Balaban J connectivity index is 3.41. The minimum atomic E-state index is -2.73. The van der Waals surface area contributed by atoms with Crippen LogP contribution in [0.15, 0.2) is 11.6 Å². The van der Waals surface area contributed by atoms with Crippen LogP contribution in [0.5, 0.6) is 0 Å². The van der Waals surface area contributed by atoms with Crippen molar-refractivity contribution >= 4 is 8.56 Å². The molecule has 0 aromatic rings. The van der Waals surface area contributed by atoms with Gasteiger partial charge in [-0.25, -0.2) is 0 Å². The molecule has 0 aromatic heterocycles. The molecule has 0 spiro atoms. The van der Waals surface area contributed by atoms with Crippen molar-refractivity contribution in [2.75, 3.05) is 21.3 Å². The summed E-state index contributed by atoms with van der Waals surface area (Å²) in [6.45, 7) is 4.09. The summed E-state index contributed by atoms with van der Waals surface area (Å²) < 4.78 is 17.2. The molecule has 0 bridgehead atoms. The molecular formula is C13H28N2O3Si. The predicted molar refractivity (Wildman–Crippen MR) is 78.7 cm³/mol. The molecule has 0 aliphatic carbocycles. The van der Waals surface area contributed by atoms with Gasteiger partial charge in [-0.15, -0.1) is 0 Å². The van der Waals surface area contributed by atoms with E-state index in [1.54, 1.807) is 21.3 Å². The second-order valence-electron chi connectivity index (χ2n) is 5.14. The van der Waals surface area contributed by atoms with Gasteiger partial charge >= 0.3 is 8.56 Å². The first kappa shape index (κ1) is 16.8. The number of allylic oxidation sites excluding steroid dienone is 1. The van der Waals surface area contributed by atoms with Crippen LogP contribution in [0.1, 0.15) is 33.1 Å². The molecule has 0 amide bonds. The van der Waals surface area contributed by atoms with Crippen molar-refractivity contribution in [1.29, 1.82) is 0 Å². The summed E-state index contributed by atoms with van der Waals surface area (Å²) in [5, 5.41) is -1.08. The first-order valence-corrected chi connectivity index (χ1v) is 8.82. The standard InChI is InChI=1S/C13H28N2O3Si/c1-6-9-12(14)11(7-2)8-10-19(17-4,18-5)13(12,15)16-3/h7H,6,8-10,14-15H2,1-5H3. The van der Waals surface area contributed by atoms with Gasteiger partial charge in [0.2, 0.25) is 0 Å². The quantitative estimate of drug-likeness (QED) is 0.454. The van der Waals surface area contributed by atoms with Crippen LogP contribution < -0.4 is 11.5 Å². The van der Waals surface area contributed by atoms with E-state index in [1.165, 1.54) is 0 Å². The summed E-state index contributed by atoms with van der Waals surface area (Å²) in [5.41, 5.74) is 13.7. The minimum absolute atomic E-state index is 0.734. The fourth-order valence-corrected chi connectivity index (χ4v) is 6.78. The van der Waals surface area contributed by atoms with Crippen molar-refractivity contribution in [2.45, 2.75) is 50.0 Å². The van der Waals surface area contributed by atoms with E-state index in [2.05, 4.69) is 13.0 Å². The average Bonchev–Trinajstić information content (AvgIpc) is 2.42. The topological polar surface area (TPSA) is 79.7 Å². The number of methoxy groups -OCH3 is 1. The van der Waals surface area contributed by atoms with Gasteiger partial charge in [-0.1, -0.05) is 25.0 Å². The van der Waals surface area contributed by atoms with Crippen LogP contribution in [0.2, 0.25) is 6.04 Å². The Morgan fingerprint density at radius 3 is 2.21 bits per heavy atom. The maximum absolute atomic E-state index is 6.70. The van der Waals surface area contributed by atoms with E-state index in [1.807, 2.05) is 6.92 Å². The molecule has 0 aromatic carbocycles. The van der Waals surface area contributed by atoms with E-state index in [4.69, 9.17) is 25.1 Å². The van der Waals surface area contributed by atoms with Gasteiger partial charge in [-0.3, -0.25) is 0 Å². The van der Waals surface area contributed by atoms with Gasteiger partial charge in [-0.05, 0) is 25.8 Å². The Morgan fingerprint density at radius 1 is 1.26 bits per heavy atom. The van der Waals surface area contributed by atoms with Crippen LogP contribution >= 0.6 is 0 Å². The van der Waals surface area contributed by atoms with Gasteiger partial charge in [0.1, 0.15) is 0 Å². The highest BCUT2D eigenvalue weighted by Crippen LogP contribution is 2.46. The molecule has 6 heteroatoms. The molecule has 1 saturated heterocycles. The Kier molecular flexibility index (Phi) is 5.33. The summed E-state index contributed by atoms with van der Waals surface area (Å²) in [5.74, 6) is 0. The zero-order valence-electron chi connectivity index (χ0n) is 12.8. The zero-order valence-corrected chi connectivity index (χ0v) is 13.8. The first-order valence-electron chi connectivity index (χ1n) is 6.80. The molecule has 112 valence electrons. The van der Waals surface area contributed by atoms with Gasteiger partial charge in [0, 0.05) is 21.3 Å². The summed E-state index contributed by atoms with van der Waals surface area (Å²) >= 11 is 0. The molecule has 1 rings (SSSR count). The molecule has 1 heterocycles. The van der Waals surface area contributed by atoms with Gasteiger partial charge in [-0.2, -0.15) is 0 Å². The molecule has 19 heavy (non-hydrogen) atoms. The third-order valence-electron chi connectivity index (χ3n) is 4.50. The Bertz CT molecular complexity index is 347. The van der Waals surface area contributed by atoms with Crippen LogP contribution in [-0.2, 0) is 13.6 Å². The third-order valence-corrected chi connectivity index (χ3v) is 8.51. The predicted octanol–water partition coefficient (Wildman–Crippen LogP) is 1.41. The van der Waals surface area contributed by atoms with Crippen LogP contribution in [0.3, 0.4) is 0 Å². The molecule has 5 nitrogen and oxygen atoms in total. The van der Waals surface area contributed by atoms with Gasteiger partial charge in [0.05, 0.1) is 5.54 Å². The summed E-state index contributed by atoms with van der Waals surface area (Å²) in [6, 6.07) is 0.757. The maximum atomic E-state index is 6.70. The Morgan fingerprint density at radius 2 is 1.84 bits per heavy atom. The van der Waals surface area contributed by atoms with Crippen molar-refractivity contribution in [1.82, 2.24) is 0 Å². The van der Waals surface area contributed by atoms with E-state index < -0.39 is 19.4 Å². The highest BCUT2D eigenvalue weighted by molar-refractivity contribution is 6.71. The molecule has 0 saturated carbocycles. The fourth-order valence-electron chi connectivity index (χ4n) is 3.36. The molecule has 4 N–H and O–H groups in total. The molecule has 2 unspecified atom stereocenters. The van der Waals surface area contributed by atoms with Gasteiger partial charge in [0.15, 0.2) is 5.35 Å². The summed E-state index contributed by atoms with van der Waals surface area (Å²) in [4.78, 5) is 0. The van der Waals surface area contributed by atoms with Crippen molar-refractivity contribution in [3.05, 3.63) is 11.6 Å². The van der Waals surface area contributed by atoms with E-state index in [-0.39, 0.29) is 0 Å². The lowest BCUT2D eigenvalue weighted by atomic mass is 9.82. The van der Waals surface area contributed by atoms with E-state index in [0.29, 0.717) is 0 Å². The Hall–Kier alpha value is -0.243. The second-order valence-corrected chi connectivity index (χ2v) is 8.70. The van der Waals surface area contributed by atoms with Crippen molar-refractivity contribution < 1.29 is 13.6 Å². The second kappa shape index (κ2) is 6.03. The zero-order chi connectivity index (χ0) is 14.7. The van der Waals surface area contributed by atoms with Gasteiger partial charge in [0.25, 0.3) is 0 Å².